The second-order valence-corrected chi connectivity index (χ2v) is 6.27. The summed E-state index contributed by atoms with van der Waals surface area (Å²) >= 11 is 0. The summed E-state index contributed by atoms with van der Waals surface area (Å²) in [6.45, 7) is 6.12. The molecule has 0 aliphatic rings. The topological polar surface area (TPSA) is 70.9 Å². The lowest BCUT2D eigenvalue weighted by atomic mass is 9.92. The van der Waals surface area contributed by atoms with Gasteiger partial charge in [-0.25, -0.2) is 4.98 Å². The third-order valence-corrected chi connectivity index (χ3v) is 3.24. The van der Waals surface area contributed by atoms with Crippen LogP contribution in [0.5, 0.6) is 0 Å². The molecule has 2 N–H and O–H groups in total. The third kappa shape index (κ3) is 2.91. The van der Waals surface area contributed by atoms with Gasteiger partial charge < -0.3 is 15.2 Å². The van der Waals surface area contributed by atoms with E-state index in [1.54, 1.807) is 6.07 Å². The van der Waals surface area contributed by atoms with Crippen molar-refractivity contribution in [3.63, 3.8) is 0 Å². The third-order valence-electron chi connectivity index (χ3n) is 3.24. The number of hydrogen-bond donors (Lipinski definition) is 1. The number of nitrogen functional groups attached to an aromatic ring is 1. The number of nitriles is 1. The predicted molar refractivity (Wildman–Crippen MR) is 81.2 cm³/mol. The van der Waals surface area contributed by atoms with Gasteiger partial charge in [0.05, 0.1) is 22.7 Å². The smallest absolute Gasteiger partial charge is 0.201 e. The first-order valence-corrected chi connectivity index (χ1v) is 6.63. The molecule has 1 aromatic carbocycles. The summed E-state index contributed by atoms with van der Waals surface area (Å²) in [6.07, 6.45) is 0. The maximum atomic E-state index is 9.03. The van der Waals surface area contributed by atoms with Crippen molar-refractivity contribution in [2.75, 3.05) is 26.4 Å². The van der Waals surface area contributed by atoms with Crippen LogP contribution >= 0.6 is 0 Å². The van der Waals surface area contributed by atoms with Gasteiger partial charge in [0.15, 0.2) is 0 Å². The molecule has 1 heterocycles. The number of fused-ring (bicyclic) bond motifs is 1. The van der Waals surface area contributed by atoms with Gasteiger partial charge in [0.1, 0.15) is 0 Å². The normalized spacial score (nSPS) is 12.0. The van der Waals surface area contributed by atoms with E-state index in [4.69, 9.17) is 11.0 Å². The van der Waals surface area contributed by atoms with Crippen LogP contribution in [0.2, 0.25) is 0 Å². The molecule has 5 heteroatoms. The molecule has 0 saturated carbocycles. The minimum Gasteiger partial charge on any atom is -0.369 e. The largest absolute Gasteiger partial charge is 0.369 e. The molecule has 0 fully saturated rings. The first-order chi connectivity index (χ1) is 9.32. The molecule has 0 amide bonds. The van der Waals surface area contributed by atoms with E-state index in [1.807, 2.05) is 16.7 Å². The van der Waals surface area contributed by atoms with Gasteiger partial charge in [-0.1, -0.05) is 13.8 Å². The molecule has 1 aromatic heterocycles. The number of anilines is 1. The second kappa shape index (κ2) is 5.14. The van der Waals surface area contributed by atoms with Crippen molar-refractivity contribution in [1.29, 1.82) is 5.26 Å². The van der Waals surface area contributed by atoms with Gasteiger partial charge in [0, 0.05) is 13.1 Å². The van der Waals surface area contributed by atoms with E-state index >= 15 is 0 Å². The molecular formula is C15H21N5. The molecule has 0 aliphatic carbocycles. The van der Waals surface area contributed by atoms with Crippen molar-refractivity contribution in [2.24, 2.45) is 5.41 Å². The summed E-state index contributed by atoms with van der Waals surface area (Å²) in [5.41, 5.74) is 8.49. The molecule has 0 radical (unpaired) electrons. The van der Waals surface area contributed by atoms with Gasteiger partial charge in [-0.15, -0.1) is 0 Å². The van der Waals surface area contributed by atoms with E-state index in [0.29, 0.717) is 11.5 Å². The zero-order valence-electron chi connectivity index (χ0n) is 12.5. The molecule has 0 spiro atoms. The Kier molecular flexibility index (Phi) is 3.69. The van der Waals surface area contributed by atoms with Crippen molar-refractivity contribution < 1.29 is 0 Å². The van der Waals surface area contributed by atoms with Gasteiger partial charge in [-0.3, -0.25) is 0 Å². The van der Waals surface area contributed by atoms with E-state index in [1.165, 1.54) is 0 Å². The first kappa shape index (κ1) is 14.4. The Morgan fingerprint density at radius 1 is 1.40 bits per heavy atom. The number of aromatic nitrogens is 2. The molecule has 20 heavy (non-hydrogen) atoms. The SMILES string of the molecule is CN(C)CC(C)(C)Cn1c(N)nc2ccc(C#N)cc21. The summed E-state index contributed by atoms with van der Waals surface area (Å²) in [6, 6.07) is 7.63. The highest BCUT2D eigenvalue weighted by atomic mass is 15.2. The highest BCUT2D eigenvalue weighted by molar-refractivity contribution is 5.79. The van der Waals surface area contributed by atoms with Crippen LogP contribution in [0.3, 0.4) is 0 Å². The molecule has 5 nitrogen and oxygen atoms in total. The predicted octanol–water partition coefficient (Wildman–Crippen LogP) is 2.08. The minimum absolute atomic E-state index is 0.0634. The van der Waals surface area contributed by atoms with Crippen LogP contribution < -0.4 is 5.73 Å². The standard InChI is InChI=1S/C15H21N5/c1-15(2,9-19(3)4)10-20-13-7-11(8-16)5-6-12(13)18-14(20)17/h5-7H,9-10H2,1-4H3,(H2,17,18). The Morgan fingerprint density at radius 2 is 2.10 bits per heavy atom. The van der Waals surface area contributed by atoms with Gasteiger partial charge in [0.2, 0.25) is 5.95 Å². The van der Waals surface area contributed by atoms with Crippen LogP contribution in [0.15, 0.2) is 18.2 Å². The molecule has 2 rings (SSSR count). The average Bonchev–Trinajstić information content (AvgIpc) is 2.63. The quantitative estimate of drug-likeness (QED) is 0.924. The van der Waals surface area contributed by atoms with Gasteiger partial charge in [-0.2, -0.15) is 5.26 Å². The Bertz CT molecular complexity index is 661. The molecule has 0 unspecified atom stereocenters. The molecule has 2 aromatic rings. The van der Waals surface area contributed by atoms with Crippen LogP contribution in [-0.2, 0) is 6.54 Å². The zero-order chi connectivity index (χ0) is 14.9. The van der Waals surface area contributed by atoms with Crippen molar-refractivity contribution in [2.45, 2.75) is 20.4 Å². The van der Waals surface area contributed by atoms with Crippen molar-refractivity contribution in [3.05, 3.63) is 23.8 Å². The van der Waals surface area contributed by atoms with Crippen LogP contribution in [0, 0.1) is 16.7 Å². The van der Waals surface area contributed by atoms with Crippen molar-refractivity contribution in [3.8, 4) is 6.07 Å². The Morgan fingerprint density at radius 3 is 2.70 bits per heavy atom. The lowest BCUT2D eigenvalue weighted by Crippen LogP contribution is -2.32. The second-order valence-electron chi connectivity index (χ2n) is 6.27. The molecule has 0 saturated heterocycles. The Hall–Kier alpha value is -2.06. The van der Waals surface area contributed by atoms with Crippen molar-refractivity contribution >= 4 is 17.0 Å². The van der Waals surface area contributed by atoms with Gasteiger partial charge >= 0.3 is 0 Å². The van der Waals surface area contributed by atoms with E-state index in [9.17, 15) is 0 Å². The number of rotatable bonds is 4. The monoisotopic (exact) mass is 271 g/mol. The number of nitrogens with zero attached hydrogens (tertiary/aromatic N) is 4. The summed E-state index contributed by atoms with van der Waals surface area (Å²) in [7, 11) is 4.12. The maximum Gasteiger partial charge on any atom is 0.201 e. The molecule has 106 valence electrons. The minimum atomic E-state index is 0.0634. The number of benzene rings is 1. The first-order valence-electron chi connectivity index (χ1n) is 6.63. The number of nitrogens with two attached hydrogens (primary N) is 1. The Labute approximate surface area is 119 Å². The molecule has 0 aliphatic heterocycles. The highest BCUT2D eigenvalue weighted by Gasteiger charge is 2.22. The number of imidazole rings is 1. The van der Waals surface area contributed by atoms with Crippen LogP contribution in [0.25, 0.3) is 11.0 Å². The fraction of sp³-hybridized carbons (Fsp3) is 0.467. The van der Waals surface area contributed by atoms with E-state index < -0.39 is 0 Å². The van der Waals surface area contributed by atoms with Gasteiger partial charge in [-0.05, 0) is 37.7 Å². The van der Waals surface area contributed by atoms with Crippen LogP contribution in [0.1, 0.15) is 19.4 Å². The van der Waals surface area contributed by atoms with Crippen LogP contribution in [-0.4, -0.2) is 35.1 Å². The summed E-state index contributed by atoms with van der Waals surface area (Å²) < 4.78 is 2.00. The fourth-order valence-corrected chi connectivity index (χ4v) is 2.71. The average molecular weight is 271 g/mol. The number of hydrogen-bond acceptors (Lipinski definition) is 4. The summed E-state index contributed by atoms with van der Waals surface area (Å²) in [5.74, 6) is 0.502. The molecular weight excluding hydrogens is 250 g/mol. The molecule has 0 bridgehead atoms. The lowest BCUT2D eigenvalue weighted by Gasteiger charge is -2.29. The maximum absolute atomic E-state index is 9.03. The van der Waals surface area contributed by atoms with Gasteiger partial charge in [0.25, 0.3) is 0 Å². The Balaban J connectivity index is 2.43. The lowest BCUT2D eigenvalue weighted by molar-refractivity contribution is 0.214. The molecule has 0 atom stereocenters. The summed E-state index contributed by atoms with van der Waals surface area (Å²) in [5, 5.41) is 9.03. The van der Waals surface area contributed by atoms with Crippen molar-refractivity contribution in [1.82, 2.24) is 14.5 Å². The zero-order valence-corrected chi connectivity index (χ0v) is 12.5. The van der Waals surface area contributed by atoms with E-state index in [0.717, 1.165) is 24.1 Å². The van der Waals surface area contributed by atoms with E-state index in [-0.39, 0.29) is 5.41 Å². The van der Waals surface area contributed by atoms with Crippen LogP contribution in [0.4, 0.5) is 5.95 Å². The fourth-order valence-electron chi connectivity index (χ4n) is 2.71. The van der Waals surface area contributed by atoms with E-state index in [2.05, 4.69) is 43.9 Å². The highest BCUT2D eigenvalue weighted by Crippen LogP contribution is 2.26. The summed E-state index contributed by atoms with van der Waals surface area (Å²) in [4.78, 5) is 6.53.